The zero-order valence-corrected chi connectivity index (χ0v) is 11.2. The van der Waals surface area contributed by atoms with Crippen molar-refractivity contribution in [2.75, 3.05) is 0 Å². The van der Waals surface area contributed by atoms with E-state index in [0.717, 1.165) is 39.1 Å². The second-order valence-electron chi connectivity index (χ2n) is 4.97. The fourth-order valence-corrected chi connectivity index (χ4v) is 2.88. The summed E-state index contributed by atoms with van der Waals surface area (Å²) < 4.78 is 1.93. The van der Waals surface area contributed by atoms with Gasteiger partial charge < -0.3 is 4.57 Å². The van der Waals surface area contributed by atoms with Gasteiger partial charge >= 0.3 is 0 Å². The Bertz CT molecular complexity index is 956. The Balaban J connectivity index is 2.23. The average Bonchev–Trinajstić information content (AvgIpc) is 3.06. The molecule has 0 aliphatic carbocycles. The van der Waals surface area contributed by atoms with Crippen LogP contribution in [0.15, 0.2) is 67.3 Å². The molecule has 0 spiro atoms. The number of carbonyl (C=O) groups excluding carboxylic acids is 1. The lowest BCUT2D eigenvalue weighted by Gasteiger charge is -2.12. The average molecular weight is 272 g/mol. The maximum absolute atomic E-state index is 11.7. The van der Waals surface area contributed by atoms with E-state index in [1.807, 2.05) is 53.2 Å². The highest BCUT2D eigenvalue weighted by atomic mass is 16.1. The molecule has 0 atom stereocenters. The first-order chi connectivity index (χ1) is 10.4. The van der Waals surface area contributed by atoms with Crippen molar-refractivity contribution in [3.05, 3.63) is 72.8 Å². The van der Waals surface area contributed by atoms with Crippen LogP contribution in [0.2, 0.25) is 0 Å². The molecule has 4 rings (SSSR count). The number of hydrogen-bond donors (Lipinski definition) is 0. The normalized spacial score (nSPS) is 11.0. The van der Waals surface area contributed by atoms with Crippen LogP contribution in [0.1, 0.15) is 10.4 Å². The molecule has 21 heavy (non-hydrogen) atoms. The summed E-state index contributed by atoms with van der Waals surface area (Å²) in [7, 11) is 0. The molecule has 0 aliphatic heterocycles. The number of aromatic nitrogens is 2. The third-order valence-electron chi connectivity index (χ3n) is 3.81. The summed E-state index contributed by atoms with van der Waals surface area (Å²) >= 11 is 0. The second kappa shape index (κ2) is 4.56. The van der Waals surface area contributed by atoms with E-state index in [0.29, 0.717) is 0 Å². The lowest BCUT2D eigenvalue weighted by molar-refractivity contribution is 0.112. The van der Waals surface area contributed by atoms with Gasteiger partial charge in [-0.2, -0.15) is 0 Å². The minimum absolute atomic E-state index is 0.729. The molecule has 0 unspecified atom stereocenters. The number of imidazole rings is 1. The van der Waals surface area contributed by atoms with Gasteiger partial charge in [0, 0.05) is 23.3 Å². The van der Waals surface area contributed by atoms with E-state index < -0.39 is 0 Å². The summed E-state index contributed by atoms with van der Waals surface area (Å²) in [6.07, 6.45) is 6.32. The van der Waals surface area contributed by atoms with E-state index in [-0.39, 0.29) is 0 Å². The zero-order chi connectivity index (χ0) is 14.2. The maximum atomic E-state index is 11.7. The van der Waals surface area contributed by atoms with Gasteiger partial charge in [-0.1, -0.05) is 36.4 Å². The van der Waals surface area contributed by atoms with Crippen LogP contribution in [0.3, 0.4) is 0 Å². The monoisotopic (exact) mass is 272 g/mol. The van der Waals surface area contributed by atoms with Crippen molar-refractivity contribution < 1.29 is 4.79 Å². The van der Waals surface area contributed by atoms with Gasteiger partial charge in [-0.05, 0) is 28.3 Å². The molecule has 0 fully saturated rings. The Morgan fingerprint density at radius 3 is 2.67 bits per heavy atom. The lowest BCUT2D eigenvalue weighted by atomic mass is 9.96. The smallest absolute Gasteiger partial charge is 0.151 e. The number of carbonyl (C=O) groups is 1. The summed E-state index contributed by atoms with van der Waals surface area (Å²) in [6, 6.07) is 16.1. The van der Waals surface area contributed by atoms with Crippen molar-refractivity contribution in [3.8, 4) is 5.69 Å². The molecule has 1 aromatic heterocycles. The molecule has 4 aromatic rings. The highest BCUT2D eigenvalue weighted by Gasteiger charge is 2.11. The Kier molecular flexibility index (Phi) is 2.57. The van der Waals surface area contributed by atoms with E-state index in [2.05, 4.69) is 11.1 Å². The van der Waals surface area contributed by atoms with Crippen molar-refractivity contribution in [2.24, 2.45) is 0 Å². The zero-order valence-electron chi connectivity index (χ0n) is 11.2. The van der Waals surface area contributed by atoms with Gasteiger partial charge in [0.2, 0.25) is 0 Å². The van der Waals surface area contributed by atoms with Crippen LogP contribution in [0.25, 0.3) is 27.2 Å². The number of fused-ring (bicyclic) bond motifs is 2. The van der Waals surface area contributed by atoms with Crippen LogP contribution in [-0.4, -0.2) is 15.8 Å². The SMILES string of the molecule is O=Cc1c2ccccc2cc2cccc(-n3ccnc3)c12. The van der Waals surface area contributed by atoms with Gasteiger partial charge in [0.1, 0.15) is 0 Å². The summed E-state index contributed by atoms with van der Waals surface area (Å²) in [6.45, 7) is 0. The van der Waals surface area contributed by atoms with E-state index in [1.54, 1.807) is 12.5 Å². The number of benzene rings is 3. The van der Waals surface area contributed by atoms with Crippen molar-refractivity contribution in [2.45, 2.75) is 0 Å². The third-order valence-corrected chi connectivity index (χ3v) is 3.81. The van der Waals surface area contributed by atoms with Crippen LogP contribution in [-0.2, 0) is 0 Å². The third kappa shape index (κ3) is 1.75. The van der Waals surface area contributed by atoms with Crippen LogP contribution in [0.5, 0.6) is 0 Å². The van der Waals surface area contributed by atoms with Gasteiger partial charge in [-0.15, -0.1) is 0 Å². The van der Waals surface area contributed by atoms with Crippen LogP contribution >= 0.6 is 0 Å². The molecule has 0 amide bonds. The first kappa shape index (κ1) is 11.9. The van der Waals surface area contributed by atoms with Crippen molar-refractivity contribution in [3.63, 3.8) is 0 Å². The molecule has 3 nitrogen and oxygen atoms in total. The van der Waals surface area contributed by atoms with Gasteiger partial charge in [-0.25, -0.2) is 4.98 Å². The molecular formula is C18H12N2O. The fraction of sp³-hybridized carbons (Fsp3) is 0. The minimum atomic E-state index is 0.729. The molecule has 0 saturated carbocycles. The second-order valence-corrected chi connectivity index (χ2v) is 4.97. The maximum Gasteiger partial charge on any atom is 0.151 e. The molecule has 0 aliphatic rings. The molecule has 0 radical (unpaired) electrons. The predicted molar refractivity (Wildman–Crippen MR) is 84.0 cm³/mol. The van der Waals surface area contributed by atoms with Crippen molar-refractivity contribution in [1.82, 2.24) is 9.55 Å². The Hall–Kier alpha value is -2.94. The Labute approximate surface area is 121 Å². The summed E-state index contributed by atoms with van der Waals surface area (Å²) in [5.74, 6) is 0. The molecule has 3 heteroatoms. The number of aldehydes is 1. The fourth-order valence-electron chi connectivity index (χ4n) is 2.88. The largest absolute Gasteiger partial charge is 0.306 e. The molecule has 1 heterocycles. The molecule has 3 aromatic carbocycles. The Morgan fingerprint density at radius 1 is 1.00 bits per heavy atom. The minimum Gasteiger partial charge on any atom is -0.306 e. The standard InChI is InChI=1S/C18H12N2O/c21-11-16-15-6-2-1-4-13(15)10-14-5-3-7-17(18(14)16)20-9-8-19-12-20/h1-12H. The number of nitrogens with zero attached hydrogens (tertiary/aromatic N) is 2. The van der Waals surface area contributed by atoms with Crippen LogP contribution in [0.4, 0.5) is 0 Å². The summed E-state index contributed by atoms with van der Waals surface area (Å²) in [5, 5.41) is 4.08. The van der Waals surface area contributed by atoms with E-state index in [1.165, 1.54) is 0 Å². The van der Waals surface area contributed by atoms with E-state index in [9.17, 15) is 4.79 Å². The lowest BCUT2D eigenvalue weighted by Crippen LogP contribution is -1.96. The van der Waals surface area contributed by atoms with Crippen LogP contribution < -0.4 is 0 Å². The number of rotatable bonds is 2. The first-order valence-corrected chi connectivity index (χ1v) is 6.76. The molecule has 0 N–H and O–H groups in total. The summed E-state index contributed by atoms with van der Waals surface area (Å²) in [5.41, 5.74) is 1.70. The first-order valence-electron chi connectivity index (χ1n) is 6.76. The highest BCUT2D eigenvalue weighted by Crippen LogP contribution is 2.31. The van der Waals surface area contributed by atoms with Crippen molar-refractivity contribution in [1.29, 1.82) is 0 Å². The van der Waals surface area contributed by atoms with Crippen LogP contribution in [0, 0.1) is 0 Å². The Morgan fingerprint density at radius 2 is 1.86 bits per heavy atom. The summed E-state index contributed by atoms with van der Waals surface area (Å²) in [4.78, 5) is 15.8. The van der Waals surface area contributed by atoms with E-state index in [4.69, 9.17) is 0 Å². The highest BCUT2D eigenvalue weighted by molar-refractivity contribution is 6.14. The van der Waals surface area contributed by atoms with Gasteiger partial charge in [0.05, 0.1) is 12.0 Å². The predicted octanol–water partition coefficient (Wildman–Crippen LogP) is 3.99. The van der Waals surface area contributed by atoms with E-state index >= 15 is 0 Å². The van der Waals surface area contributed by atoms with Gasteiger partial charge in [0.15, 0.2) is 6.29 Å². The topological polar surface area (TPSA) is 34.9 Å². The molecule has 0 saturated heterocycles. The number of hydrogen-bond acceptors (Lipinski definition) is 2. The molecule has 100 valence electrons. The van der Waals surface area contributed by atoms with Gasteiger partial charge in [0.25, 0.3) is 0 Å². The van der Waals surface area contributed by atoms with Gasteiger partial charge in [-0.3, -0.25) is 4.79 Å². The van der Waals surface area contributed by atoms with Crippen molar-refractivity contribution >= 4 is 27.8 Å². The molecule has 0 bridgehead atoms. The quantitative estimate of drug-likeness (QED) is 0.408. The molecular weight excluding hydrogens is 260 g/mol.